The van der Waals surface area contributed by atoms with Crippen LogP contribution in [0.2, 0.25) is 5.02 Å². The molecule has 3 aromatic rings. The van der Waals surface area contributed by atoms with Gasteiger partial charge in [0.25, 0.3) is 5.91 Å². The van der Waals surface area contributed by atoms with Crippen LogP contribution >= 0.6 is 27.5 Å². The van der Waals surface area contributed by atoms with Gasteiger partial charge in [0, 0.05) is 18.1 Å². The van der Waals surface area contributed by atoms with Crippen molar-refractivity contribution in [2.45, 2.75) is 33.4 Å². The molecule has 0 saturated carbocycles. The first kappa shape index (κ1) is 25.1. The van der Waals surface area contributed by atoms with Crippen molar-refractivity contribution in [2.75, 3.05) is 13.2 Å². The zero-order valence-corrected chi connectivity index (χ0v) is 21.3. The predicted octanol–water partition coefficient (Wildman–Crippen LogP) is 5.82. The van der Waals surface area contributed by atoms with Crippen molar-refractivity contribution in [3.05, 3.63) is 75.7 Å². The maximum Gasteiger partial charge on any atom is 0.261 e. The molecule has 1 atom stereocenters. The maximum absolute atomic E-state index is 13.2. The van der Waals surface area contributed by atoms with Crippen molar-refractivity contribution in [3.63, 3.8) is 0 Å². The first-order valence-corrected chi connectivity index (χ1v) is 12.0. The molecule has 3 rings (SSSR count). The number of hydrogen-bond acceptors (Lipinski definition) is 3. The molecule has 174 valence electrons. The molecule has 0 aromatic heterocycles. The van der Waals surface area contributed by atoms with Crippen LogP contribution in [0.25, 0.3) is 10.8 Å². The molecule has 5 nitrogen and oxygen atoms in total. The van der Waals surface area contributed by atoms with Crippen LogP contribution in [0.3, 0.4) is 0 Å². The Morgan fingerprint density at radius 3 is 2.42 bits per heavy atom. The van der Waals surface area contributed by atoms with Gasteiger partial charge in [0.1, 0.15) is 11.8 Å². The van der Waals surface area contributed by atoms with Gasteiger partial charge in [-0.2, -0.15) is 0 Å². The second-order valence-electron chi connectivity index (χ2n) is 8.35. The second-order valence-corrected chi connectivity index (χ2v) is 9.58. The third kappa shape index (κ3) is 6.71. The molecular weight excluding hydrogens is 504 g/mol. The van der Waals surface area contributed by atoms with E-state index in [2.05, 4.69) is 21.2 Å². The Labute approximate surface area is 208 Å². The number of amides is 2. The summed E-state index contributed by atoms with van der Waals surface area (Å²) in [4.78, 5) is 27.5. The van der Waals surface area contributed by atoms with Crippen LogP contribution < -0.4 is 10.1 Å². The topological polar surface area (TPSA) is 58.6 Å². The van der Waals surface area contributed by atoms with Crippen molar-refractivity contribution >= 4 is 50.1 Å². The van der Waals surface area contributed by atoms with Gasteiger partial charge in [0.2, 0.25) is 5.91 Å². The van der Waals surface area contributed by atoms with Crippen LogP contribution in [-0.2, 0) is 16.1 Å². The number of fused-ring (bicyclic) bond motifs is 1. The average Bonchev–Trinajstić information content (AvgIpc) is 2.81. The Hall–Kier alpha value is -2.57. The van der Waals surface area contributed by atoms with E-state index in [1.165, 1.54) is 4.90 Å². The number of carbonyl (C=O) groups excluding carboxylic acids is 2. The van der Waals surface area contributed by atoms with Crippen LogP contribution in [0.5, 0.6) is 5.75 Å². The highest BCUT2D eigenvalue weighted by Crippen LogP contribution is 2.33. The summed E-state index contributed by atoms with van der Waals surface area (Å²) in [5.41, 5.74) is 0.878. The van der Waals surface area contributed by atoms with E-state index in [-0.39, 0.29) is 25.0 Å². The number of benzene rings is 3. The smallest absolute Gasteiger partial charge is 0.261 e. The molecule has 3 aromatic carbocycles. The van der Waals surface area contributed by atoms with Crippen LogP contribution in [-0.4, -0.2) is 35.9 Å². The maximum atomic E-state index is 13.2. The van der Waals surface area contributed by atoms with Gasteiger partial charge in [0.15, 0.2) is 6.61 Å². The van der Waals surface area contributed by atoms with E-state index in [9.17, 15) is 9.59 Å². The highest BCUT2D eigenvalue weighted by molar-refractivity contribution is 9.10. The molecule has 2 amide bonds. The van der Waals surface area contributed by atoms with Crippen LogP contribution in [0.4, 0.5) is 0 Å². The molecule has 1 N–H and O–H groups in total. The molecule has 0 spiro atoms. The van der Waals surface area contributed by atoms with E-state index in [1.807, 2.05) is 62.4 Å². The molecule has 0 unspecified atom stereocenters. The van der Waals surface area contributed by atoms with E-state index >= 15 is 0 Å². The number of rotatable bonds is 9. The lowest BCUT2D eigenvalue weighted by Gasteiger charge is -2.29. The fourth-order valence-corrected chi connectivity index (χ4v) is 4.10. The summed E-state index contributed by atoms with van der Waals surface area (Å²) in [7, 11) is 0. The molecule has 7 heteroatoms. The highest BCUT2D eigenvalue weighted by atomic mass is 79.9. The first-order valence-electron chi connectivity index (χ1n) is 10.9. The van der Waals surface area contributed by atoms with E-state index in [4.69, 9.17) is 16.3 Å². The lowest BCUT2D eigenvalue weighted by atomic mass is 10.1. The van der Waals surface area contributed by atoms with Gasteiger partial charge in [0.05, 0.1) is 4.47 Å². The summed E-state index contributed by atoms with van der Waals surface area (Å²) in [5.74, 6) is 0.413. The number of nitrogens with one attached hydrogen (secondary N) is 1. The fourth-order valence-electron chi connectivity index (χ4n) is 3.37. The zero-order valence-electron chi connectivity index (χ0n) is 19.0. The third-order valence-corrected chi connectivity index (χ3v) is 6.37. The minimum Gasteiger partial charge on any atom is -0.483 e. The Kier molecular flexibility index (Phi) is 8.75. The minimum absolute atomic E-state index is 0.188. The van der Waals surface area contributed by atoms with Crippen molar-refractivity contribution < 1.29 is 14.3 Å². The number of halogens is 2. The Balaban J connectivity index is 1.77. The minimum atomic E-state index is -0.657. The Bertz CT molecular complexity index is 1120. The molecule has 0 aliphatic heterocycles. The van der Waals surface area contributed by atoms with Gasteiger partial charge in [-0.15, -0.1) is 0 Å². The van der Waals surface area contributed by atoms with Gasteiger partial charge in [-0.1, -0.05) is 67.9 Å². The van der Waals surface area contributed by atoms with Crippen LogP contribution in [0, 0.1) is 5.92 Å². The van der Waals surface area contributed by atoms with E-state index in [1.54, 1.807) is 19.1 Å². The molecule has 0 heterocycles. The van der Waals surface area contributed by atoms with Gasteiger partial charge in [-0.3, -0.25) is 9.59 Å². The molecule has 0 fully saturated rings. The van der Waals surface area contributed by atoms with Crippen LogP contribution in [0.15, 0.2) is 65.1 Å². The van der Waals surface area contributed by atoms with Gasteiger partial charge in [-0.05, 0) is 63.3 Å². The number of carbonyl (C=O) groups is 2. The second kappa shape index (κ2) is 11.5. The van der Waals surface area contributed by atoms with E-state index in [0.717, 1.165) is 20.8 Å². The van der Waals surface area contributed by atoms with Gasteiger partial charge < -0.3 is 15.0 Å². The van der Waals surface area contributed by atoms with Gasteiger partial charge in [-0.25, -0.2) is 0 Å². The largest absolute Gasteiger partial charge is 0.483 e. The average molecular weight is 532 g/mol. The fraction of sp³-hybridized carbons (Fsp3) is 0.308. The molecule has 0 bridgehead atoms. The summed E-state index contributed by atoms with van der Waals surface area (Å²) in [6, 6.07) is 18.3. The number of hydrogen-bond donors (Lipinski definition) is 1. The predicted molar refractivity (Wildman–Crippen MR) is 136 cm³/mol. The summed E-state index contributed by atoms with van der Waals surface area (Å²) in [6.45, 7) is 6.41. The number of ether oxygens (including phenoxy) is 1. The summed E-state index contributed by atoms with van der Waals surface area (Å²) in [6.07, 6.45) is 0. The summed E-state index contributed by atoms with van der Waals surface area (Å²) in [5, 5.41) is 5.60. The highest BCUT2D eigenvalue weighted by Gasteiger charge is 2.26. The molecule has 0 saturated heterocycles. The normalized spacial score (nSPS) is 11.9. The molecule has 0 radical (unpaired) electrons. The van der Waals surface area contributed by atoms with E-state index in [0.29, 0.717) is 23.2 Å². The van der Waals surface area contributed by atoms with Crippen molar-refractivity contribution in [2.24, 2.45) is 5.92 Å². The Morgan fingerprint density at radius 1 is 1.03 bits per heavy atom. The quantitative estimate of drug-likeness (QED) is 0.378. The van der Waals surface area contributed by atoms with Gasteiger partial charge >= 0.3 is 0 Å². The third-order valence-electron chi connectivity index (χ3n) is 5.30. The van der Waals surface area contributed by atoms with Crippen molar-refractivity contribution in [1.82, 2.24) is 10.2 Å². The lowest BCUT2D eigenvalue weighted by Crippen LogP contribution is -2.49. The summed E-state index contributed by atoms with van der Waals surface area (Å²) < 4.78 is 6.67. The van der Waals surface area contributed by atoms with Crippen molar-refractivity contribution in [3.8, 4) is 5.75 Å². The lowest BCUT2D eigenvalue weighted by molar-refractivity contribution is -0.142. The van der Waals surface area contributed by atoms with Crippen molar-refractivity contribution in [1.29, 1.82) is 0 Å². The van der Waals surface area contributed by atoms with Crippen LogP contribution in [0.1, 0.15) is 26.3 Å². The standard InChI is InChI=1S/C26H28BrClN2O3/c1-17(2)14-29-26(32)18(3)30(15-19-8-11-21(28)12-9-19)24(31)16-33-23-13-10-20-6-4-5-7-22(20)25(23)27/h4-13,17-18H,14-16H2,1-3H3,(H,29,32)/t18-/m1/s1. The molecular formula is C26H28BrClN2O3. The molecule has 33 heavy (non-hydrogen) atoms. The summed E-state index contributed by atoms with van der Waals surface area (Å²) >= 11 is 9.59. The SMILES string of the molecule is CC(C)CNC(=O)[C@@H](C)N(Cc1ccc(Cl)cc1)C(=O)COc1ccc2ccccc2c1Br. The van der Waals surface area contributed by atoms with E-state index < -0.39 is 6.04 Å². The first-order chi connectivity index (χ1) is 15.8. The number of nitrogens with zero attached hydrogens (tertiary/aromatic N) is 1. The molecule has 0 aliphatic carbocycles. The Morgan fingerprint density at radius 2 is 1.73 bits per heavy atom. The zero-order chi connectivity index (χ0) is 24.0. The molecule has 0 aliphatic rings. The monoisotopic (exact) mass is 530 g/mol.